The maximum atomic E-state index is 13.9. The molecule has 3 heterocycles. The maximum Gasteiger partial charge on any atom is 0.416 e. The van der Waals surface area contributed by atoms with E-state index >= 15 is 0 Å². The Balaban J connectivity index is 1.33. The van der Waals surface area contributed by atoms with Crippen molar-refractivity contribution in [3.63, 3.8) is 0 Å². The molecule has 5 rings (SSSR count). The van der Waals surface area contributed by atoms with Crippen LogP contribution in [0.4, 0.5) is 35.2 Å². The summed E-state index contributed by atoms with van der Waals surface area (Å²) >= 11 is 0. The molecule has 0 bridgehead atoms. The van der Waals surface area contributed by atoms with Crippen LogP contribution in [0.3, 0.4) is 0 Å². The van der Waals surface area contributed by atoms with Gasteiger partial charge >= 0.3 is 12.3 Å². The van der Waals surface area contributed by atoms with Crippen molar-refractivity contribution in [3.05, 3.63) is 90.0 Å². The Morgan fingerprint density at radius 1 is 1.02 bits per heavy atom. The molecule has 1 saturated heterocycles. The van der Waals surface area contributed by atoms with Crippen molar-refractivity contribution in [2.75, 3.05) is 23.8 Å². The van der Waals surface area contributed by atoms with Crippen molar-refractivity contribution in [3.8, 4) is 17.0 Å². The molecule has 47 heavy (non-hydrogen) atoms. The summed E-state index contributed by atoms with van der Waals surface area (Å²) in [6, 6.07) is 13.0. The van der Waals surface area contributed by atoms with Gasteiger partial charge in [0.1, 0.15) is 30.1 Å². The minimum atomic E-state index is -4.69. The molecule has 0 saturated carbocycles. The molecule has 2 amide bonds. The second-order valence-electron chi connectivity index (χ2n) is 12.1. The molecule has 2 aromatic carbocycles. The molecule has 4 aromatic rings. The van der Waals surface area contributed by atoms with E-state index in [1.54, 1.807) is 63.5 Å². The minimum absolute atomic E-state index is 0.0363. The fourth-order valence-electron chi connectivity index (χ4n) is 5.07. The van der Waals surface area contributed by atoms with Crippen molar-refractivity contribution in [2.45, 2.75) is 58.4 Å². The number of carbonyl (C=O) groups excluding carboxylic acids is 2. The van der Waals surface area contributed by atoms with Gasteiger partial charge in [0.25, 0.3) is 5.91 Å². The van der Waals surface area contributed by atoms with E-state index in [0.717, 1.165) is 17.7 Å². The number of nitrogens with zero attached hydrogens (tertiary/aromatic N) is 4. The number of amides is 2. The largest absolute Gasteiger partial charge is 0.491 e. The Morgan fingerprint density at radius 2 is 1.83 bits per heavy atom. The van der Waals surface area contributed by atoms with Crippen LogP contribution in [-0.4, -0.2) is 56.6 Å². The van der Waals surface area contributed by atoms with Gasteiger partial charge < -0.3 is 25.0 Å². The number of pyridine rings is 1. The van der Waals surface area contributed by atoms with Crippen molar-refractivity contribution in [1.82, 2.24) is 19.9 Å². The zero-order valence-corrected chi connectivity index (χ0v) is 26.4. The lowest BCUT2D eigenvalue weighted by Gasteiger charge is -2.28. The number of alkyl halides is 3. The van der Waals surface area contributed by atoms with Crippen molar-refractivity contribution >= 4 is 29.2 Å². The highest BCUT2D eigenvalue weighted by molar-refractivity contribution is 6.05. The molecule has 13 heteroatoms. The number of carbonyl (C=O) groups is 2. The van der Waals surface area contributed by atoms with Gasteiger partial charge in [-0.05, 0) is 88.6 Å². The number of benzene rings is 2. The summed E-state index contributed by atoms with van der Waals surface area (Å²) in [6.07, 6.45) is 0.805. The molecule has 1 aliphatic rings. The molecule has 1 aliphatic heterocycles. The summed E-state index contributed by atoms with van der Waals surface area (Å²) in [6.45, 7) is 7.56. The first-order valence-corrected chi connectivity index (χ1v) is 15.0. The van der Waals surface area contributed by atoms with Gasteiger partial charge in [-0.25, -0.2) is 19.7 Å². The SMILES string of the molecule is Cc1ccc(C(=O)Nc2cc(OC[C@@H]3CCCN3C(=O)OC(C)(C)C)cc(C(F)(F)F)c2)cc1Nc1ncccc1-c1ccncn1. The Hall–Kier alpha value is -5.20. The lowest BCUT2D eigenvalue weighted by molar-refractivity contribution is -0.137. The fourth-order valence-corrected chi connectivity index (χ4v) is 5.07. The van der Waals surface area contributed by atoms with Crippen molar-refractivity contribution in [2.24, 2.45) is 0 Å². The van der Waals surface area contributed by atoms with Gasteiger partial charge in [-0.1, -0.05) is 6.07 Å². The van der Waals surface area contributed by atoms with Crippen LogP contribution in [0, 0.1) is 6.92 Å². The molecule has 0 unspecified atom stereocenters. The molecular formula is C34H35F3N6O4. The quantitative estimate of drug-likeness (QED) is 0.200. The lowest BCUT2D eigenvalue weighted by atomic mass is 10.1. The third-order valence-electron chi connectivity index (χ3n) is 7.36. The standard InChI is InChI=1S/C34H35F3N6O4/c1-21-9-10-22(15-29(21)42-30-27(8-5-12-39-30)28-11-13-38-20-40-28)31(44)41-24-16-23(34(35,36)37)17-26(18-24)46-19-25-7-6-14-43(25)32(45)47-33(2,3)4/h5,8-13,15-18,20,25H,6-7,14,19H2,1-4H3,(H,39,42)(H,41,44)/t25-/m0/s1. The van der Waals surface area contributed by atoms with Crippen molar-refractivity contribution < 1.29 is 32.2 Å². The van der Waals surface area contributed by atoms with E-state index in [0.29, 0.717) is 42.1 Å². The van der Waals surface area contributed by atoms with Crippen molar-refractivity contribution in [1.29, 1.82) is 0 Å². The first-order chi connectivity index (χ1) is 22.3. The third-order valence-corrected chi connectivity index (χ3v) is 7.36. The van der Waals surface area contributed by atoms with E-state index in [1.165, 1.54) is 17.3 Å². The maximum absolute atomic E-state index is 13.9. The zero-order valence-electron chi connectivity index (χ0n) is 26.4. The summed E-state index contributed by atoms with van der Waals surface area (Å²) in [5, 5.41) is 5.82. The molecule has 1 atom stereocenters. The number of hydrogen-bond donors (Lipinski definition) is 2. The predicted octanol–water partition coefficient (Wildman–Crippen LogP) is 7.64. The Labute approximate surface area is 270 Å². The van der Waals surface area contributed by atoms with Crippen LogP contribution in [0.5, 0.6) is 5.75 Å². The number of nitrogens with one attached hydrogen (secondary N) is 2. The van der Waals surface area contributed by atoms with Gasteiger partial charge in [-0.15, -0.1) is 0 Å². The Morgan fingerprint density at radius 3 is 2.55 bits per heavy atom. The molecule has 2 aromatic heterocycles. The van der Waals surface area contributed by atoms with E-state index in [9.17, 15) is 22.8 Å². The number of likely N-dealkylation sites (tertiary alicyclic amines) is 1. The average molecular weight is 649 g/mol. The number of anilines is 3. The molecular weight excluding hydrogens is 613 g/mol. The summed E-state index contributed by atoms with van der Waals surface area (Å²) < 4.78 is 52.9. The van der Waals surface area contributed by atoms with Crippen LogP contribution in [0.1, 0.15) is 55.1 Å². The predicted molar refractivity (Wildman–Crippen MR) is 171 cm³/mol. The normalized spacial score (nSPS) is 14.9. The highest BCUT2D eigenvalue weighted by Gasteiger charge is 2.34. The molecule has 10 nitrogen and oxygen atoms in total. The number of ether oxygens (including phenoxy) is 2. The Kier molecular flexibility index (Phi) is 9.64. The molecule has 246 valence electrons. The minimum Gasteiger partial charge on any atom is -0.491 e. The van der Waals surface area contributed by atoms with E-state index < -0.39 is 29.3 Å². The van der Waals surface area contributed by atoms with Gasteiger partial charge in [0.15, 0.2) is 0 Å². The van der Waals surface area contributed by atoms with Crippen LogP contribution >= 0.6 is 0 Å². The molecule has 1 fully saturated rings. The summed E-state index contributed by atoms with van der Waals surface area (Å²) in [5.74, 6) is -0.217. The average Bonchev–Trinajstić information content (AvgIpc) is 3.49. The van der Waals surface area contributed by atoms with E-state index in [4.69, 9.17) is 9.47 Å². The van der Waals surface area contributed by atoms with Gasteiger partial charge in [0.2, 0.25) is 0 Å². The number of aryl methyl sites for hydroxylation is 1. The van der Waals surface area contributed by atoms with Gasteiger partial charge in [-0.2, -0.15) is 13.2 Å². The summed E-state index contributed by atoms with van der Waals surface area (Å²) in [5.41, 5.74) is 1.18. The van der Waals surface area contributed by atoms with Crippen LogP contribution in [-0.2, 0) is 10.9 Å². The van der Waals surface area contributed by atoms with E-state index in [2.05, 4.69) is 25.6 Å². The monoisotopic (exact) mass is 648 g/mol. The molecule has 2 N–H and O–H groups in total. The molecule has 0 radical (unpaired) electrons. The molecule has 0 spiro atoms. The van der Waals surface area contributed by atoms with E-state index in [1.807, 2.05) is 13.0 Å². The number of aromatic nitrogens is 3. The van der Waals surface area contributed by atoms with E-state index in [-0.39, 0.29) is 29.6 Å². The lowest BCUT2D eigenvalue weighted by Crippen LogP contribution is -2.42. The second-order valence-corrected chi connectivity index (χ2v) is 12.1. The first-order valence-electron chi connectivity index (χ1n) is 15.0. The van der Waals surface area contributed by atoms with Gasteiger partial charge in [0, 0.05) is 47.5 Å². The topological polar surface area (TPSA) is 119 Å². The van der Waals surface area contributed by atoms with Gasteiger partial charge in [-0.3, -0.25) is 4.79 Å². The first kappa shape index (κ1) is 33.2. The van der Waals surface area contributed by atoms with Crippen LogP contribution in [0.15, 0.2) is 73.3 Å². The fraction of sp³-hybridized carbons (Fsp3) is 0.324. The Bertz CT molecular complexity index is 1740. The highest BCUT2D eigenvalue weighted by atomic mass is 19.4. The summed E-state index contributed by atoms with van der Waals surface area (Å²) in [7, 11) is 0. The summed E-state index contributed by atoms with van der Waals surface area (Å²) in [4.78, 5) is 40.2. The number of hydrogen-bond acceptors (Lipinski definition) is 8. The second kappa shape index (κ2) is 13.7. The van der Waals surface area contributed by atoms with Crippen LogP contribution in [0.25, 0.3) is 11.3 Å². The molecule has 0 aliphatic carbocycles. The van der Waals surface area contributed by atoms with Crippen LogP contribution in [0.2, 0.25) is 0 Å². The number of halogens is 3. The smallest absolute Gasteiger partial charge is 0.416 e. The number of rotatable bonds is 8. The van der Waals surface area contributed by atoms with Crippen LogP contribution < -0.4 is 15.4 Å². The third kappa shape index (κ3) is 8.54. The highest BCUT2D eigenvalue weighted by Crippen LogP contribution is 2.35. The zero-order chi connectivity index (χ0) is 33.8. The van der Waals surface area contributed by atoms with Gasteiger partial charge in [0.05, 0.1) is 17.3 Å².